The van der Waals surface area contributed by atoms with Crippen LogP contribution in [-0.2, 0) is 0 Å². The quantitative estimate of drug-likeness (QED) is 0.694. The van der Waals surface area contributed by atoms with Gasteiger partial charge in [-0.1, -0.05) is 0 Å². The highest BCUT2D eigenvalue weighted by molar-refractivity contribution is 7.14. The molecule has 0 unspecified atom stereocenters. The van der Waals surface area contributed by atoms with E-state index in [0.29, 0.717) is 0 Å². The van der Waals surface area contributed by atoms with E-state index >= 15 is 0 Å². The standard InChI is InChI=1S/C8H14N2S/c1-7-4-5-11-8(7)10(3)6-9-2/h4-5,9H,6H2,1-3H3. The molecule has 11 heavy (non-hydrogen) atoms. The molecule has 2 nitrogen and oxygen atoms in total. The van der Waals surface area contributed by atoms with Crippen LogP contribution in [0.2, 0.25) is 0 Å². The second-order valence-electron chi connectivity index (χ2n) is 2.62. The van der Waals surface area contributed by atoms with Crippen molar-refractivity contribution in [2.45, 2.75) is 6.92 Å². The van der Waals surface area contributed by atoms with Gasteiger partial charge >= 0.3 is 0 Å². The maximum atomic E-state index is 3.12. The van der Waals surface area contributed by atoms with Crippen LogP contribution in [0.3, 0.4) is 0 Å². The van der Waals surface area contributed by atoms with Gasteiger partial charge in [0.1, 0.15) is 0 Å². The van der Waals surface area contributed by atoms with Crippen molar-refractivity contribution in [2.24, 2.45) is 0 Å². The molecule has 1 N–H and O–H groups in total. The molecule has 0 atom stereocenters. The molecule has 0 bridgehead atoms. The van der Waals surface area contributed by atoms with E-state index in [-0.39, 0.29) is 0 Å². The van der Waals surface area contributed by atoms with Crippen molar-refractivity contribution in [1.82, 2.24) is 5.32 Å². The molecular weight excluding hydrogens is 156 g/mol. The number of thiophene rings is 1. The SMILES string of the molecule is CNCN(C)c1sccc1C. The molecule has 0 amide bonds. The van der Waals surface area contributed by atoms with E-state index in [2.05, 4.69) is 35.6 Å². The van der Waals surface area contributed by atoms with Gasteiger partial charge in [0.15, 0.2) is 0 Å². The molecule has 0 saturated carbocycles. The summed E-state index contributed by atoms with van der Waals surface area (Å²) in [5.74, 6) is 0. The van der Waals surface area contributed by atoms with Crippen LogP contribution in [0.25, 0.3) is 0 Å². The van der Waals surface area contributed by atoms with E-state index in [9.17, 15) is 0 Å². The Kier molecular flexibility index (Phi) is 2.91. The molecule has 3 heteroatoms. The van der Waals surface area contributed by atoms with Crippen molar-refractivity contribution in [3.8, 4) is 0 Å². The Hall–Kier alpha value is -0.540. The molecule has 0 saturated heterocycles. The number of nitrogens with one attached hydrogen (secondary N) is 1. The first-order valence-electron chi connectivity index (χ1n) is 3.65. The van der Waals surface area contributed by atoms with Crippen LogP contribution in [-0.4, -0.2) is 20.8 Å². The molecule has 1 aromatic heterocycles. The lowest BCUT2D eigenvalue weighted by atomic mass is 10.3. The van der Waals surface area contributed by atoms with Crippen molar-refractivity contribution in [1.29, 1.82) is 0 Å². The largest absolute Gasteiger partial charge is 0.354 e. The predicted molar refractivity (Wildman–Crippen MR) is 51.4 cm³/mol. The summed E-state index contributed by atoms with van der Waals surface area (Å²) < 4.78 is 0. The number of rotatable bonds is 3. The minimum absolute atomic E-state index is 0.904. The van der Waals surface area contributed by atoms with Crippen molar-refractivity contribution >= 4 is 16.3 Å². The highest BCUT2D eigenvalue weighted by Crippen LogP contribution is 2.24. The first-order chi connectivity index (χ1) is 5.25. The zero-order chi connectivity index (χ0) is 8.27. The predicted octanol–water partition coefficient (Wildman–Crippen LogP) is 1.67. The van der Waals surface area contributed by atoms with Crippen LogP contribution in [0, 0.1) is 6.92 Å². The summed E-state index contributed by atoms with van der Waals surface area (Å²) in [6.45, 7) is 3.04. The van der Waals surface area contributed by atoms with Gasteiger partial charge in [0.2, 0.25) is 0 Å². The van der Waals surface area contributed by atoms with Gasteiger partial charge in [-0.15, -0.1) is 11.3 Å². The Labute approximate surface area is 71.8 Å². The number of anilines is 1. The zero-order valence-corrected chi connectivity index (χ0v) is 8.03. The zero-order valence-electron chi connectivity index (χ0n) is 7.22. The lowest BCUT2D eigenvalue weighted by molar-refractivity contribution is 0.780. The van der Waals surface area contributed by atoms with Gasteiger partial charge in [-0.3, -0.25) is 0 Å². The van der Waals surface area contributed by atoms with Gasteiger partial charge in [0.25, 0.3) is 0 Å². The first kappa shape index (κ1) is 8.56. The molecule has 62 valence electrons. The van der Waals surface area contributed by atoms with E-state index in [1.54, 1.807) is 11.3 Å². The Balaban J connectivity index is 2.67. The topological polar surface area (TPSA) is 15.3 Å². The lowest BCUT2D eigenvalue weighted by Gasteiger charge is -2.17. The third kappa shape index (κ3) is 1.94. The maximum Gasteiger partial charge on any atom is 0.0945 e. The molecule has 0 aromatic carbocycles. The average Bonchev–Trinajstić information content (AvgIpc) is 2.36. The normalized spacial score (nSPS) is 10.1. The van der Waals surface area contributed by atoms with Crippen LogP contribution in [0.4, 0.5) is 5.00 Å². The van der Waals surface area contributed by atoms with Gasteiger partial charge in [-0.05, 0) is 31.0 Å². The van der Waals surface area contributed by atoms with E-state index < -0.39 is 0 Å². The van der Waals surface area contributed by atoms with Crippen LogP contribution in [0.1, 0.15) is 5.56 Å². The molecule has 0 aliphatic carbocycles. The average molecular weight is 170 g/mol. The Morgan fingerprint density at radius 1 is 1.64 bits per heavy atom. The van der Waals surface area contributed by atoms with Crippen molar-refractivity contribution in [3.63, 3.8) is 0 Å². The minimum Gasteiger partial charge on any atom is -0.354 e. The molecule has 1 aromatic rings. The molecule has 0 fully saturated rings. The Bertz CT molecular complexity index is 220. The lowest BCUT2D eigenvalue weighted by Crippen LogP contribution is -2.27. The first-order valence-corrected chi connectivity index (χ1v) is 4.53. The maximum absolute atomic E-state index is 3.12. The summed E-state index contributed by atoms with van der Waals surface area (Å²) in [5, 5.41) is 6.58. The molecular formula is C8H14N2S. The van der Waals surface area contributed by atoms with Crippen LogP contribution >= 0.6 is 11.3 Å². The van der Waals surface area contributed by atoms with Gasteiger partial charge < -0.3 is 10.2 Å². The van der Waals surface area contributed by atoms with Crippen LogP contribution in [0.5, 0.6) is 0 Å². The Morgan fingerprint density at radius 2 is 2.36 bits per heavy atom. The number of aryl methyl sites for hydroxylation is 1. The third-order valence-electron chi connectivity index (χ3n) is 1.58. The molecule has 1 rings (SSSR count). The fourth-order valence-corrected chi connectivity index (χ4v) is 1.96. The van der Waals surface area contributed by atoms with E-state index in [0.717, 1.165) is 6.67 Å². The van der Waals surface area contributed by atoms with Gasteiger partial charge in [-0.2, -0.15) is 0 Å². The number of hydrogen-bond acceptors (Lipinski definition) is 3. The Morgan fingerprint density at radius 3 is 2.82 bits per heavy atom. The van der Waals surface area contributed by atoms with E-state index in [1.165, 1.54) is 10.6 Å². The summed E-state index contributed by atoms with van der Waals surface area (Å²) in [4.78, 5) is 2.21. The summed E-state index contributed by atoms with van der Waals surface area (Å²) >= 11 is 1.78. The van der Waals surface area contributed by atoms with Crippen LogP contribution in [0.15, 0.2) is 11.4 Å². The van der Waals surface area contributed by atoms with Crippen molar-refractivity contribution < 1.29 is 0 Å². The summed E-state index contributed by atoms with van der Waals surface area (Å²) in [6, 6.07) is 2.14. The van der Waals surface area contributed by atoms with E-state index in [4.69, 9.17) is 0 Å². The fourth-order valence-electron chi connectivity index (χ4n) is 1.06. The highest BCUT2D eigenvalue weighted by Gasteiger charge is 2.03. The van der Waals surface area contributed by atoms with E-state index in [1.807, 2.05) is 7.05 Å². The fraction of sp³-hybridized carbons (Fsp3) is 0.500. The highest BCUT2D eigenvalue weighted by atomic mass is 32.1. The number of hydrogen-bond donors (Lipinski definition) is 1. The monoisotopic (exact) mass is 170 g/mol. The second-order valence-corrected chi connectivity index (χ2v) is 3.51. The minimum atomic E-state index is 0.904. The summed E-state index contributed by atoms with van der Waals surface area (Å²) in [6.07, 6.45) is 0. The van der Waals surface area contributed by atoms with Crippen molar-refractivity contribution in [2.75, 3.05) is 25.7 Å². The molecule has 0 aliphatic rings. The van der Waals surface area contributed by atoms with Gasteiger partial charge in [0, 0.05) is 7.05 Å². The van der Waals surface area contributed by atoms with Crippen LogP contribution < -0.4 is 10.2 Å². The third-order valence-corrected chi connectivity index (χ3v) is 2.71. The molecule has 0 spiro atoms. The van der Waals surface area contributed by atoms with Crippen molar-refractivity contribution in [3.05, 3.63) is 17.0 Å². The van der Waals surface area contributed by atoms with Gasteiger partial charge in [0.05, 0.1) is 11.7 Å². The number of nitrogens with zero attached hydrogens (tertiary/aromatic N) is 1. The second kappa shape index (κ2) is 3.74. The molecule has 0 aliphatic heterocycles. The smallest absolute Gasteiger partial charge is 0.0945 e. The molecule has 1 heterocycles. The summed E-state index contributed by atoms with van der Waals surface area (Å²) in [5.41, 5.74) is 1.35. The van der Waals surface area contributed by atoms with Gasteiger partial charge in [-0.25, -0.2) is 0 Å². The molecule has 0 radical (unpaired) electrons. The summed E-state index contributed by atoms with van der Waals surface area (Å²) in [7, 11) is 4.05.